The van der Waals surface area contributed by atoms with Crippen molar-refractivity contribution in [1.29, 1.82) is 0 Å². The Kier molecular flexibility index (Phi) is 9.18. The summed E-state index contributed by atoms with van der Waals surface area (Å²) in [7, 11) is 0. The molecule has 1 aliphatic heterocycles. The Balaban J connectivity index is 0.00000160. The Morgan fingerprint density at radius 1 is 1.13 bits per heavy atom. The molecule has 8 heteroatoms. The Morgan fingerprint density at radius 3 is 2.63 bits per heavy atom. The number of amides is 1. The van der Waals surface area contributed by atoms with Crippen LogP contribution in [0.5, 0.6) is 0 Å². The molecular formula is C22H24Cl3N3O2. The van der Waals surface area contributed by atoms with Crippen LogP contribution in [0.3, 0.4) is 0 Å². The second kappa shape index (κ2) is 11.4. The molecule has 3 aromatic rings. The van der Waals surface area contributed by atoms with Crippen LogP contribution in [-0.2, 0) is 11.2 Å². The van der Waals surface area contributed by atoms with E-state index in [1.54, 1.807) is 6.20 Å². The molecular weight excluding hydrogens is 445 g/mol. The van der Waals surface area contributed by atoms with Crippen molar-refractivity contribution in [3.05, 3.63) is 77.3 Å². The molecule has 4 rings (SSSR count). The Bertz CT molecular complexity index is 950. The average Bonchev–Trinajstić information content (AvgIpc) is 3.22. The number of halogens is 3. The highest BCUT2D eigenvalue weighted by Crippen LogP contribution is 2.29. The van der Waals surface area contributed by atoms with E-state index in [9.17, 15) is 4.79 Å². The molecule has 5 nitrogen and oxygen atoms in total. The van der Waals surface area contributed by atoms with Gasteiger partial charge in [-0.1, -0.05) is 60.1 Å². The topological polar surface area (TPSA) is 58.4 Å². The lowest BCUT2D eigenvalue weighted by Crippen LogP contribution is -2.48. The van der Waals surface area contributed by atoms with Crippen LogP contribution in [0.2, 0.25) is 5.02 Å². The van der Waals surface area contributed by atoms with Crippen molar-refractivity contribution >= 4 is 42.3 Å². The van der Waals surface area contributed by atoms with Crippen LogP contribution in [0.25, 0.3) is 11.3 Å². The van der Waals surface area contributed by atoms with E-state index in [2.05, 4.69) is 10.3 Å². The molecule has 0 aliphatic carbocycles. The van der Waals surface area contributed by atoms with Gasteiger partial charge in [-0.3, -0.25) is 4.79 Å². The Labute approximate surface area is 193 Å². The number of nitrogens with one attached hydrogen (secondary N) is 1. The number of hydrogen-bond acceptors (Lipinski definition) is 4. The Morgan fingerprint density at radius 2 is 1.87 bits per heavy atom. The summed E-state index contributed by atoms with van der Waals surface area (Å²) < 4.78 is 5.82. The first kappa shape index (κ1) is 24.2. The molecule has 2 aromatic carbocycles. The third-order valence-electron chi connectivity index (χ3n) is 4.99. The molecule has 0 radical (unpaired) electrons. The molecule has 2 heterocycles. The zero-order chi connectivity index (χ0) is 19.3. The molecule has 0 spiro atoms. The van der Waals surface area contributed by atoms with Gasteiger partial charge < -0.3 is 14.6 Å². The molecule has 0 saturated carbocycles. The number of rotatable bonds is 5. The highest BCUT2D eigenvalue weighted by Gasteiger charge is 2.29. The van der Waals surface area contributed by atoms with Crippen molar-refractivity contribution in [2.45, 2.75) is 18.9 Å². The van der Waals surface area contributed by atoms with Gasteiger partial charge in [0.2, 0.25) is 5.91 Å². The standard InChI is InChI=1S/C22H22ClN3O2.2ClH/c23-18-9-5-4-8-17(18)19-14-24-12-13-26(19)22(27)11-10-21-25-15-20(28-21)16-6-2-1-3-7-16;;/h1-9,15,19,24H,10-14H2;2*1H. The number of nitrogens with zero attached hydrogens (tertiary/aromatic N) is 2. The van der Waals surface area contributed by atoms with Crippen LogP contribution < -0.4 is 5.32 Å². The fourth-order valence-electron chi connectivity index (χ4n) is 3.55. The smallest absolute Gasteiger partial charge is 0.223 e. The van der Waals surface area contributed by atoms with Gasteiger partial charge in [0.25, 0.3) is 0 Å². The van der Waals surface area contributed by atoms with Gasteiger partial charge in [0.05, 0.1) is 12.2 Å². The maximum Gasteiger partial charge on any atom is 0.223 e. The van der Waals surface area contributed by atoms with E-state index >= 15 is 0 Å². The highest BCUT2D eigenvalue weighted by atomic mass is 35.5. The molecule has 30 heavy (non-hydrogen) atoms. The second-order valence-corrected chi connectivity index (χ2v) is 7.22. The maximum absolute atomic E-state index is 12.9. The summed E-state index contributed by atoms with van der Waals surface area (Å²) in [5.41, 5.74) is 1.96. The number of oxazole rings is 1. The number of piperazine rings is 1. The van der Waals surface area contributed by atoms with Crippen molar-refractivity contribution < 1.29 is 9.21 Å². The van der Waals surface area contributed by atoms with Gasteiger partial charge in [0.1, 0.15) is 0 Å². The lowest BCUT2D eigenvalue weighted by Gasteiger charge is -2.37. The van der Waals surface area contributed by atoms with Crippen molar-refractivity contribution in [3.8, 4) is 11.3 Å². The molecule has 160 valence electrons. The fourth-order valence-corrected chi connectivity index (χ4v) is 3.81. The van der Waals surface area contributed by atoms with Crippen molar-refractivity contribution in [3.63, 3.8) is 0 Å². The number of carbonyl (C=O) groups excluding carboxylic acids is 1. The third kappa shape index (κ3) is 5.55. The Hall–Kier alpha value is -2.05. The van der Waals surface area contributed by atoms with Crippen LogP contribution in [0.4, 0.5) is 0 Å². The number of aryl methyl sites for hydroxylation is 1. The summed E-state index contributed by atoms with van der Waals surface area (Å²) in [4.78, 5) is 19.2. The number of hydrogen-bond donors (Lipinski definition) is 1. The molecule has 1 saturated heterocycles. The second-order valence-electron chi connectivity index (χ2n) is 6.81. The van der Waals surface area contributed by atoms with Gasteiger partial charge in [0.15, 0.2) is 11.7 Å². The van der Waals surface area contributed by atoms with Gasteiger partial charge in [-0.15, -0.1) is 24.8 Å². The van der Waals surface area contributed by atoms with E-state index in [1.807, 2.05) is 59.5 Å². The lowest BCUT2D eigenvalue weighted by molar-refractivity contribution is -0.134. The summed E-state index contributed by atoms with van der Waals surface area (Å²) in [5, 5.41) is 4.05. The summed E-state index contributed by atoms with van der Waals surface area (Å²) in [6.07, 6.45) is 2.55. The summed E-state index contributed by atoms with van der Waals surface area (Å²) >= 11 is 6.37. The zero-order valence-corrected chi connectivity index (χ0v) is 18.7. The fraction of sp³-hybridized carbons (Fsp3) is 0.273. The van der Waals surface area contributed by atoms with Gasteiger partial charge in [-0.25, -0.2) is 4.98 Å². The average molecular weight is 469 g/mol. The van der Waals surface area contributed by atoms with E-state index in [1.165, 1.54) is 0 Å². The predicted molar refractivity (Wildman–Crippen MR) is 124 cm³/mol. The predicted octanol–water partition coefficient (Wildman–Crippen LogP) is 4.94. The first-order chi connectivity index (χ1) is 13.7. The molecule has 1 aromatic heterocycles. The van der Waals surface area contributed by atoms with Crippen LogP contribution in [0, 0.1) is 0 Å². The minimum atomic E-state index is -0.0561. The van der Waals surface area contributed by atoms with Gasteiger partial charge in [-0.2, -0.15) is 0 Å². The van der Waals surface area contributed by atoms with Crippen LogP contribution in [0.1, 0.15) is 23.9 Å². The van der Waals surface area contributed by atoms with Crippen LogP contribution >= 0.6 is 36.4 Å². The van der Waals surface area contributed by atoms with Gasteiger partial charge in [-0.05, 0) is 11.6 Å². The maximum atomic E-state index is 12.9. The third-order valence-corrected chi connectivity index (χ3v) is 5.34. The number of carbonyl (C=O) groups is 1. The van der Waals surface area contributed by atoms with Crippen LogP contribution in [0.15, 0.2) is 65.2 Å². The van der Waals surface area contributed by atoms with Gasteiger partial charge in [0, 0.05) is 43.1 Å². The van der Waals surface area contributed by atoms with Gasteiger partial charge >= 0.3 is 0 Å². The van der Waals surface area contributed by atoms with E-state index in [0.29, 0.717) is 36.8 Å². The SMILES string of the molecule is Cl.Cl.O=C(CCc1ncc(-c2ccccc2)o1)N1CCNCC1c1ccccc1Cl. The van der Waals surface area contributed by atoms with Crippen molar-refractivity contribution in [2.24, 2.45) is 0 Å². The molecule has 1 amide bonds. The molecule has 1 aliphatic rings. The van der Waals surface area contributed by atoms with Crippen molar-refractivity contribution in [1.82, 2.24) is 15.2 Å². The monoisotopic (exact) mass is 467 g/mol. The summed E-state index contributed by atoms with van der Waals surface area (Å²) in [6, 6.07) is 17.5. The highest BCUT2D eigenvalue weighted by molar-refractivity contribution is 6.31. The van der Waals surface area contributed by atoms with E-state index in [-0.39, 0.29) is 36.8 Å². The minimum absolute atomic E-state index is 0. The molecule has 1 unspecified atom stereocenters. The largest absolute Gasteiger partial charge is 0.441 e. The van der Waals surface area contributed by atoms with E-state index < -0.39 is 0 Å². The zero-order valence-electron chi connectivity index (χ0n) is 16.3. The van der Waals surface area contributed by atoms with Crippen molar-refractivity contribution in [2.75, 3.05) is 19.6 Å². The lowest BCUT2D eigenvalue weighted by atomic mass is 10.0. The first-order valence-corrected chi connectivity index (χ1v) is 9.85. The summed E-state index contributed by atoms with van der Waals surface area (Å²) in [5.74, 6) is 1.39. The van der Waals surface area contributed by atoms with E-state index in [0.717, 1.165) is 23.4 Å². The van der Waals surface area contributed by atoms with Crippen LogP contribution in [-0.4, -0.2) is 35.4 Å². The summed E-state index contributed by atoms with van der Waals surface area (Å²) in [6.45, 7) is 2.14. The first-order valence-electron chi connectivity index (χ1n) is 9.47. The number of aromatic nitrogens is 1. The van der Waals surface area contributed by atoms with E-state index in [4.69, 9.17) is 16.0 Å². The number of benzene rings is 2. The normalized spacial score (nSPS) is 15.8. The molecule has 0 bridgehead atoms. The molecule has 1 fully saturated rings. The molecule has 1 atom stereocenters. The quantitative estimate of drug-likeness (QED) is 0.576. The minimum Gasteiger partial charge on any atom is -0.441 e. The molecule has 1 N–H and O–H groups in total.